The van der Waals surface area contributed by atoms with Gasteiger partial charge < -0.3 is 4.74 Å². The van der Waals surface area contributed by atoms with E-state index in [-0.39, 0.29) is 31.5 Å². The van der Waals surface area contributed by atoms with Crippen LogP contribution in [-0.4, -0.2) is 50.1 Å². The largest absolute Gasteiger partial charge is 0.492 e. The van der Waals surface area contributed by atoms with Gasteiger partial charge in [-0.05, 0) is 48.0 Å². The summed E-state index contributed by atoms with van der Waals surface area (Å²) in [6.07, 6.45) is -3.48. The number of tetrazole rings is 1. The summed E-state index contributed by atoms with van der Waals surface area (Å²) in [5.41, 5.74) is 0.0814. The molecule has 2 amide bonds. The number of fused-ring (bicyclic) bond motifs is 1. The number of benzene rings is 2. The van der Waals surface area contributed by atoms with Crippen LogP contribution in [-0.2, 0) is 19.1 Å². The molecule has 0 atom stereocenters. The predicted molar refractivity (Wildman–Crippen MR) is 105 cm³/mol. The number of carbonyl (C=O) groups is 2. The van der Waals surface area contributed by atoms with E-state index >= 15 is 0 Å². The number of hydrogen-bond acceptors (Lipinski definition) is 6. The fraction of sp³-hybridized carbons (Fsp3) is 0.286. The van der Waals surface area contributed by atoms with Crippen LogP contribution in [0.15, 0.2) is 48.5 Å². The van der Waals surface area contributed by atoms with Gasteiger partial charge in [-0.15, -0.1) is 10.2 Å². The van der Waals surface area contributed by atoms with Crippen molar-refractivity contribution in [3.05, 3.63) is 71.0 Å². The Hall–Kier alpha value is -3.76. The van der Waals surface area contributed by atoms with Crippen LogP contribution in [0.5, 0.6) is 5.75 Å². The van der Waals surface area contributed by atoms with E-state index in [1.165, 1.54) is 21.8 Å². The maximum atomic E-state index is 12.6. The minimum atomic E-state index is -4.39. The SMILES string of the molecule is O=C1c2ccccc2C(=O)N1CCCc1nnn(CCOc2ccc(C(F)(F)F)cc2)n1. The summed E-state index contributed by atoms with van der Waals surface area (Å²) in [7, 11) is 0. The third-order valence-corrected chi connectivity index (χ3v) is 4.90. The Kier molecular flexibility index (Phi) is 5.89. The normalized spacial score (nSPS) is 13.5. The minimum absolute atomic E-state index is 0.149. The topological polar surface area (TPSA) is 90.2 Å². The van der Waals surface area contributed by atoms with Gasteiger partial charge in [-0.1, -0.05) is 12.1 Å². The summed E-state index contributed by atoms with van der Waals surface area (Å²) in [4.78, 5) is 27.2. The van der Waals surface area contributed by atoms with Crippen molar-refractivity contribution in [3.63, 3.8) is 0 Å². The van der Waals surface area contributed by atoms with Crippen LogP contribution in [0, 0.1) is 0 Å². The zero-order valence-electron chi connectivity index (χ0n) is 16.7. The average Bonchev–Trinajstić information content (AvgIpc) is 3.32. The molecule has 1 aliphatic heterocycles. The van der Waals surface area contributed by atoms with E-state index in [1.54, 1.807) is 24.3 Å². The Labute approximate surface area is 180 Å². The first-order valence-corrected chi connectivity index (χ1v) is 9.85. The number of amides is 2. The first-order chi connectivity index (χ1) is 15.3. The lowest BCUT2D eigenvalue weighted by Crippen LogP contribution is -2.31. The zero-order chi connectivity index (χ0) is 22.7. The lowest BCUT2D eigenvalue weighted by atomic mass is 10.1. The number of halogens is 3. The maximum Gasteiger partial charge on any atom is 0.416 e. The van der Waals surface area contributed by atoms with Crippen LogP contribution in [0.4, 0.5) is 13.2 Å². The second kappa shape index (κ2) is 8.77. The van der Waals surface area contributed by atoms with E-state index in [0.29, 0.717) is 35.5 Å². The molecule has 4 rings (SSSR count). The highest BCUT2D eigenvalue weighted by molar-refractivity contribution is 6.21. The molecule has 0 saturated carbocycles. The van der Waals surface area contributed by atoms with E-state index in [1.807, 2.05) is 0 Å². The molecule has 166 valence electrons. The molecule has 0 N–H and O–H groups in total. The number of aryl methyl sites for hydroxylation is 1. The fourth-order valence-corrected chi connectivity index (χ4v) is 3.29. The Morgan fingerprint density at radius 1 is 0.906 bits per heavy atom. The van der Waals surface area contributed by atoms with Gasteiger partial charge in [0.05, 0.1) is 23.2 Å². The number of aromatic nitrogens is 4. The highest BCUT2D eigenvalue weighted by atomic mass is 19.4. The molecule has 0 bridgehead atoms. The summed E-state index contributed by atoms with van der Waals surface area (Å²) >= 11 is 0. The van der Waals surface area contributed by atoms with E-state index < -0.39 is 11.7 Å². The first-order valence-electron chi connectivity index (χ1n) is 9.85. The molecular formula is C21H18F3N5O3. The lowest BCUT2D eigenvalue weighted by molar-refractivity contribution is -0.137. The molecular weight excluding hydrogens is 427 g/mol. The van der Waals surface area contributed by atoms with Crippen molar-refractivity contribution in [2.45, 2.75) is 25.6 Å². The van der Waals surface area contributed by atoms with Gasteiger partial charge in [-0.3, -0.25) is 14.5 Å². The summed E-state index contributed by atoms with van der Waals surface area (Å²) < 4.78 is 43.1. The van der Waals surface area contributed by atoms with Gasteiger partial charge in [0, 0.05) is 13.0 Å². The van der Waals surface area contributed by atoms with Crippen molar-refractivity contribution in [2.75, 3.05) is 13.2 Å². The molecule has 0 saturated heterocycles. The molecule has 0 fully saturated rings. The van der Waals surface area contributed by atoms with Gasteiger partial charge in [0.25, 0.3) is 11.8 Å². The van der Waals surface area contributed by atoms with Crippen molar-refractivity contribution in [2.24, 2.45) is 0 Å². The van der Waals surface area contributed by atoms with Gasteiger partial charge >= 0.3 is 6.18 Å². The Bertz CT molecular complexity index is 1090. The molecule has 2 aromatic carbocycles. The van der Waals surface area contributed by atoms with E-state index in [9.17, 15) is 22.8 Å². The van der Waals surface area contributed by atoms with E-state index in [0.717, 1.165) is 12.1 Å². The standard InChI is InChI=1S/C21H18F3N5O3/c22-21(23,24)14-7-9-15(10-8-14)32-13-12-29-26-18(25-27-29)6-3-11-28-19(30)16-4-1-2-5-17(16)20(28)31/h1-2,4-5,7-10H,3,6,11-13H2. The Morgan fingerprint density at radius 2 is 1.56 bits per heavy atom. The van der Waals surface area contributed by atoms with Crippen LogP contribution < -0.4 is 4.74 Å². The molecule has 11 heteroatoms. The van der Waals surface area contributed by atoms with Crippen molar-refractivity contribution in [3.8, 4) is 5.75 Å². The third kappa shape index (κ3) is 4.61. The molecule has 3 aromatic rings. The van der Waals surface area contributed by atoms with Gasteiger partial charge in [-0.2, -0.15) is 18.0 Å². The molecule has 0 unspecified atom stereocenters. The minimum Gasteiger partial charge on any atom is -0.492 e. The first kappa shape index (κ1) is 21.5. The number of carbonyl (C=O) groups excluding carboxylic acids is 2. The van der Waals surface area contributed by atoms with Crippen molar-refractivity contribution in [1.29, 1.82) is 0 Å². The zero-order valence-corrected chi connectivity index (χ0v) is 16.7. The summed E-state index contributed by atoms with van der Waals surface area (Å²) in [5.74, 6) is 0.153. The van der Waals surface area contributed by atoms with Gasteiger partial charge in [0.15, 0.2) is 5.82 Å². The number of hydrogen-bond donors (Lipinski definition) is 0. The van der Waals surface area contributed by atoms with Crippen molar-refractivity contribution in [1.82, 2.24) is 25.1 Å². The van der Waals surface area contributed by atoms with Crippen LogP contribution in [0.25, 0.3) is 0 Å². The third-order valence-electron chi connectivity index (χ3n) is 4.90. The number of rotatable bonds is 8. The van der Waals surface area contributed by atoms with Gasteiger partial charge in [-0.25, -0.2) is 0 Å². The molecule has 32 heavy (non-hydrogen) atoms. The van der Waals surface area contributed by atoms with Crippen LogP contribution in [0.3, 0.4) is 0 Å². The van der Waals surface area contributed by atoms with Crippen LogP contribution >= 0.6 is 0 Å². The average molecular weight is 445 g/mol. The second-order valence-electron chi connectivity index (χ2n) is 7.08. The molecule has 0 radical (unpaired) electrons. The predicted octanol–water partition coefficient (Wildman–Crippen LogP) is 3.00. The molecule has 8 nitrogen and oxygen atoms in total. The maximum absolute atomic E-state index is 12.6. The Balaban J connectivity index is 1.22. The molecule has 1 aromatic heterocycles. The smallest absolute Gasteiger partial charge is 0.416 e. The fourth-order valence-electron chi connectivity index (χ4n) is 3.29. The molecule has 1 aliphatic rings. The number of alkyl halides is 3. The highest BCUT2D eigenvalue weighted by Crippen LogP contribution is 2.30. The van der Waals surface area contributed by atoms with E-state index in [4.69, 9.17) is 4.74 Å². The lowest BCUT2D eigenvalue weighted by Gasteiger charge is -2.12. The van der Waals surface area contributed by atoms with Crippen LogP contribution in [0.1, 0.15) is 38.5 Å². The number of imide groups is 1. The molecule has 2 heterocycles. The monoisotopic (exact) mass is 445 g/mol. The summed E-state index contributed by atoms with van der Waals surface area (Å²) in [6.45, 7) is 0.653. The molecule has 0 aliphatic carbocycles. The molecule has 0 spiro atoms. The van der Waals surface area contributed by atoms with Gasteiger partial charge in [0.1, 0.15) is 12.4 Å². The highest BCUT2D eigenvalue weighted by Gasteiger charge is 2.34. The number of ether oxygens (including phenoxy) is 1. The summed E-state index contributed by atoms with van der Waals surface area (Å²) in [6, 6.07) is 11.1. The van der Waals surface area contributed by atoms with Crippen molar-refractivity contribution >= 4 is 11.8 Å². The number of nitrogens with zero attached hydrogens (tertiary/aromatic N) is 5. The van der Waals surface area contributed by atoms with Gasteiger partial charge in [0.2, 0.25) is 0 Å². The van der Waals surface area contributed by atoms with Crippen LogP contribution in [0.2, 0.25) is 0 Å². The quantitative estimate of drug-likeness (QED) is 0.495. The second-order valence-corrected chi connectivity index (χ2v) is 7.08. The summed E-state index contributed by atoms with van der Waals surface area (Å²) in [5, 5.41) is 12.0. The van der Waals surface area contributed by atoms with Crippen molar-refractivity contribution < 1.29 is 27.5 Å². The van der Waals surface area contributed by atoms with E-state index in [2.05, 4.69) is 15.4 Å². The Morgan fingerprint density at radius 3 is 2.19 bits per heavy atom.